The van der Waals surface area contributed by atoms with Gasteiger partial charge in [-0.15, -0.1) is 0 Å². The van der Waals surface area contributed by atoms with Gasteiger partial charge in [0, 0.05) is 15.6 Å². The molecule has 0 N–H and O–H groups in total. The van der Waals surface area contributed by atoms with Crippen LogP contribution in [0.3, 0.4) is 0 Å². The van der Waals surface area contributed by atoms with Gasteiger partial charge in [0.25, 0.3) is 11.1 Å². The predicted molar refractivity (Wildman–Crippen MR) is 145 cm³/mol. The number of carbonyl (C=O) groups excluding carboxylic acids is 2. The topological polar surface area (TPSA) is 74.3 Å². The molecule has 0 bridgehead atoms. The number of hydrogen-bond acceptors (Lipinski definition) is 7. The van der Waals surface area contributed by atoms with Crippen LogP contribution in [-0.4, -0.2) is 43.4 Å². The number of benzene rings is 3. The highest BCUT2D eigenvalue weighted by atomic mass is 35.5. The van der Waals surface area contributed by atoms with Crippen molar-refractivity contribution < 1.29 is 28.5 Å². The van der Waals surface area contributed by atoms with Gasteiger partial charge in [-0.3, -0.25) is 14.5 Å². The molecule has 1 fully saturated rings. The number of hydrogen-bond donors (Lipinski definition) is 0. The minimum atomic E-state index is -0.384. The molecular weight excluding hydrogens is 537 g/mol. The number of amides is 2. The summed E-state index contributed by atoms with van der Waals surface area (Å²) in [5.74, 6) is 1.71. The molecule has 0 atom stereocenters. The quantitative estimate of drug-likeness (QED) is 0.255. The number of methoxy groups -OCH3 is 2. The first-order chi connectivity index (χ1) is 17.9. The van der Waals surface area contributed by atoms with E-state index in [0.29, 0.717) is 43.5 Å². The van der Waals surface area contributed by atoms with Gasteiger partial charge in [-0.25, -0.2) is 0 Å². The number of nitrogens with zero attached hydrogens (tertiary/aromatic N) is 1. The Bertz CT molecular complexity index is 1350. The smallest absolute Gasteiger partial charge is 0.293 e. The molecule has 37 heavy (non-hydrogen) atoms. The molecule has 3 aromatic carbocycles. The summed E-state index contributed by atoms with van der Waals surface area (Å²) in [5, 5.41) is 0.668. The van der Waals surface area contributed by atoms with Crippen molar-refractivity contribution in [2.75, 3.05) is 27.4 Å². The van der Waals surface area contributed by atoms with Crippen LogP contribution >= 0.6 is 35.0 Å². The molecule has 192 valence electrons. The molecular formula is C27H23Cl2NO6S. The summed E-state index contributed by atoms with van der Waals surface area (Å²) >= 11 is 13.1. The SMILES string of the molecule is COc1ccccc1OCCN1C(=O)S/C(=C\c2ccc(OC)c(OCc3ccc(Cl)cc3Cl)c2)C1=O. The highest BCUT2D eigenvalue weighted by molar-refractivity contribution is 8.18. The number of rotatable bonds is 10. The minimum absolute atomic E-state index is 0.110. The third kappa shape index (κ3) is 6.52. The number of para-hydroxylation sites is 2. The van der Waals surface area contributed by atoms with E-state index in [1.54, 1.807) is 61.7 Å². The molecule has 10 heteroatoms. The lowest BCUT2D eigenvalue weighted by Crippen LogP contribution is -2.32. The average Bonchev–Trinajstić information content (AvgIpc) is 3.15. The monoisotopic (exact) mass is 559 g/mol. The predicted octanol–water partition coefficient (Wildman–Crippen LogP) is 6.70. The van der Waals surface area contributed by atoms with Crippen LogP contribution in [-0.2, 0) is 11.4 Å². The standard InChI is InChI=1S/C27H23Cl2NO6S/c1-33-21-5-3-4-6-23(21)35-12-11-30-26(31)25(37-27(30)32)14-17-7-10-22(34-2)24(13-17)36-16-18-8-9-19(28)15-20(18)29/h3-10,13-15H,11-12,16H2,1-2H3/b25-14-. The van der Waals surface area contributed by atoms with Gasteiger partial charge in [-0.05, 0) is 59.8 Å². The van der Waals surface area contributed by atoms with E-state index in [-0.39, 0.29) is 30.9 Å². The number of thioether (sulfide) groups is 1. The van der Waals surface area contributed by atoms with E-state index in [1.165, 1.54) is 7.11 Å². The van der Waals surface area contributed by atoms with Crippen molar-refractivity contribution in [3.63, 3.8) is 0 Å². The fourth-order valence-corrected chi connectivity index (χ4v) is 4.85. The van der Waals surface area contributed by atoms with E-state index in [4.69, 9.17) is 42.1 Å². The minimum Gasteiger partial charge on any atom is -0.493 e. The summed E-state index contributed by atoms with van der Waals surface area (Å²) in [6, 6.07) is 17.6. The zero-order valence-electron chi connectivity index (χ0n) is 20.0. The van der Waals surface area contributed by atoms with E-state index >= 15 is 0 Å². The Morgan fingerprint density at radius 1 is 0.865 bits per heavy atom. The number of halogens is 2. The second kappa shape index (κ2) is 12.3. The van der Waals surface area contributed by atoms with E-state index in [2.05, 4.69) is 0 Å². The van der Waals surface area contributed by atoms with Crippen LogP contribution in [0.15, 0.2) is 65.6 Å². The Hall–Kier alpha value is -3.33. The summed E-state index contributed by atoms with van der Waals surface area (Å²) in [4.78, 5) is 26.9. The van der Waals surface area contributed by atoms with Crippen LogP contribution in [0.1, 0.15) is 11.1 Å². The Balaban J connectivity index is 1.44. The number of imide groups is 1. The van der Waals surface area contributed by atoms with Crippen molar-refractivity contribution in [1.29, 1.82) is 0 Å². The Labute approximate surface area is 228 Å². The maximum absolute atomic E-state index is 12.9. The maximum atomic E-state index is 12.9. The van der Waals surface area contributed by atoms with Gasteiger partial charge in [-0.2, -0.15) is 0 Å². The molecule has 1 heterocycles. The molecule has 0 aromatic heterocycles. The van der Waals surface area contributed by atoms with Crippen LogP contribution < -0.4 is 18.9 Å². The van der Waals surface area contributed by atoms with Crippen LogP contribution in [0, 0.1) is 0 Å². The lowest BCUT2D eigenvalue weighted by atomic mass is 10.1. The number of ether oxygens (including phenoxy) is 4. The Morgan fingerprint density at radius 3 is 2.32 bits per heavy atom. The van der Waals surface area contributed by atoms with Gasteiger partial charge >= 0.3 is 0 Å². The normalized spacial score (nSPS) is 14.3. The third-order valence-electron chi connectivity index (χ3n) is 5.40. The van der Waals surface area contributed by atoms with Crippen molar-refractivity contribution in [3.05, 3.63) is 86.7 Å². The molecule has 2 amide bonds. The molecule has 1 saturated heterocycles. The van der Waals surface area contributed by atoms with Gasteiger partial charge in [0.1, 0.15) is 13.2 Å². The van der Waals surface area contributed by atoms with Gasteiger partial charge < -0.3 is 18.9 Å². The lowest BCUT2D eigenvalue weighted by molar-refractivity contribution is -0.123. The van der Waals surface area contributed by atoms with Crippen LogP contribution in [0.2, 0.25) is 10.0 Å². The summed E-state index contributed by atoms with van der Waals surface area (Å²) < 4.78 is 22.3. The number of carbonyl (C=O) groups is 2. The average molecular weight is 560 g/mol. The van der Waals surface area contributed by atoms with Gasteiger partial charge in [-0.1, -0.05) is 47.5 Å². The molecule has 4 rings (SSSR count). The fraction of sp³-hybridized carbons (Fsp3) is 0.185. The second-order valence-corrected chi connectivity index (χ2v) is 9.60. The van der Waals surface area contributed by atoms with Crippen LogP contribution in [0.25, 0.3) is 6.08 Å². The molecule has 0 saturated carbocycles. The Morgan fingerprint density at radius 2 is 1.59 bits per heavy atom. The fourth-order valence-electron chi connectivity index (χ4n) is 3.52. The molecule has 0 spiro atoms. The molecule has 7 nitrogen and oxygen atoms in total. The molecule has 0 unspecified atom stereocenters. The van der Waals surface area contributed by atoms with E-state index in [9.17, 15) is 9.59 Å². The molecule has 1 aliphatic heterocycles. The van der Waals surface area contributed by atoms with Gasteiger partial charge in [0.15, 0.2) is 23.0 Å². The molecule has 3 aromatic rings. The first-order valence-corrected chi connectivity index (χ1v) is 12.7. The van der Waals surface area contributed by atoms with Crippen LogP contribution in [0.5, 0.6) is 23.0 Å². The molecule has 0 radical (unpaired) electrons. The highest BCUT2D eigenvalue weighted by Crippen LogP contribution is 2.35. The lowest BCUT2D eigenvalue weighted by Gasteiger charge is -2.14. The van der Waals surface area contributed by atoms with Gasteiger partial charge in [0.05, 0.1) is 25.7 Å². The zero-order chi connectivity index (χ0) is 26.4. The van der Waals surface area contributed by atoms with Crippen LogP contribution in [0.4, 0.5) is 4.79 Å². The van der Waals surface area contributed by atoms with E-state index < -0.39 is 0 Å². The van der Waals surface area contributed by atoms with Gasteiger partial charge in [0.2, 0.25) is 0 Å². The van der Waals surface area contributed by atoms with E-state index in [1.807, 2.05) is 12.1 Å². The van der Waals surface area contributed by atoms with Crippen molar-refractivity contribution >= 4 is 52.2 Å². The third-order valence-corrected chi connectivity index (χ3v) is 6.89. The van der Waals surface area contributed by atoms with E-state index in [0.717, 1.165) is 22.2 Å². The Kier molecular flexibility index (Phi) is 8.87. The summed E-state index contributed by atoms with van der Waals surface area (Å²) in [6.07, 6.45) is 1.65. The highest BCUT2D eigenvalue weighted by Gasteiger charge is 2.34. The second-order valence-electron chi connectivity index (χ2n) is 7.77. The first kappa shape index (κ1) is 26.7. The van der Waals surface area contributed by atoms with Crippen molar-refractivity contribution in [1.82, 2.24) is 4.90 Å². The maximum Gasteiger partial charge on any atom is 0.293 e. The molecule has 0 aliphatic carbocycles. The van der Waals surface area contributed by atoms with Crippen molar-refractivity contribution in [2.45, 2.75) is 6.61 Å². The first-order valence-electron chi connectivity index (χ1n) is 11.2. The summed E-state index contributed by atoms with van der Waals surface area (Å²) in [6.45, 7) is 0.441. The summed E-state index contributed by atoms with van der Waals surface area (Å²) in [7, 11) is 3.08. The zero-order valence-corrected chi connectivity index (χ0v) is 22.4. The summed E-state index contributed by atoms with van der Waals surface area (Å²) in [5.41, 5.74) is 1.43. The molecule has 1 aliphatic rings. The largest absolute Gasteiger partial charge is 0.493 e. The van der Waals surface area contributed by atoms with Crippen molar-refractivity contribution in [2.24, 2.45) is 0 Å². The van der Waals surface area contributed by atoms with Crippen molar-refractivity contribution in [3.8, 4) is 23.0 Å².